The van der Waals surface area contributed by atoms with Crippen molar-refractivity contribution in [2.75, 3.05) is 7.05 Å². The highest BCUT2D eigenvalue weighted by Gasteiger charge is 2.25. The van der Waals surface area contributed by atoms with Crippen LogP contribution in [0.3, 0.4) is 0 Å². The fraction of sp³-hybridized carbons (Fsp3) is 0.353. The summed E-state index contributed by atoms with van der Waals surface area (Å²) in [7, 11) is -2.78. The second-order valence-corrected chi connectivity index (χ2v) is 9.48. The molecule has 6 nitrogen and oxygen atoms in total. The van der Waals surface area contributed by atoms with E-state index in [2.05, 4.69) is 15.9 Å². The zero-order valence-corrected chi connectivity index (χ0v) is 17.6. The van der Waals surface area contributed by atoms with E-state index in [9.17, 15) is 22.0 Å². The quantitative estimate of drug-likeness (QED) is 0.681. The third-order valence-corrected chi connectivity index (χ3v) is 5.91. The molecule has 2 aromatic rings. The minimum atomic E-state index is -4.29. The fourth-order valence-electron chi connectivity index (χ4n) is 2.21. The van der Waals surface area contributed by atoms with E-state index >= 15 is 0 Å². The van der Waals surface area contributed by atoms with Gasteiger partial charge < -0.3 is 9.64 Å². The van der Waals surface area contributed by atoms with E-state index in [0.717, 1.165) is 16.1 Å². The summed E-state index contributed by atoms with van der Waals surface area (Å²) in [4.78, 5) is 12.7. The van der Waals surface area contributed by atoms with Crippen molar-refractivity contribution in [1.29, 1.82) is 0 Å². The van der Waals surface area contributed by atoms with Gasteiger partial charge in [0.15, 0.2) is 0 Å². The van der Waals surface area contributed by atoms with Crippen LogP contribution in [-0.2, 0) is 21.3 Å². The first-order valence-electron chi connectivity index (χ1n) is 7.83. The summed E-state index contributed by atoms with van der Waals surface area (Å²) in [5, 5.41) is 0. The minimum absolute atomic E-state index is 0.0714. The van der Waals surface area contributed by atoms with Crippen LogP contribution in [0.15, 0.2) is 40.0 Å². The summed E-state index contributed by atoms with van der Waals surface area (Å²) in [6.45, 7) is 5.27. The number of halogens is 3. The molecular formula is C17H19BrF2N2O4S. The topological polar surface area (TPSA) is 68.6 Å². The van der Waals surface area contributed by atoms with Crippen molar-refractivity contribution >= 4 is 32.0 Å². The van der Waals surface area contributed by atoms with Crippen molar-refractivity contribution in [2.45, 2.75) is 37.8 Å². The molecule has 148 valence electrons. The highest BCUT2D eigenvalue weighted by atomic mass is 79.9. The number of rotatable bonds is 4. The zero-order chi connectivity index (χ0) is 20.6. The Labute approximate surface area is 164 Å². The van der Waals surface area contributed by atoms with Crippen LogP contribution < -0.4 is 0 Å². The van der Waals surface area contributed by atoms with Crippen molar-refractivity contribution in [2.24, 2.45) is 0 Å². The van der Waals surface area contributed by atoms with Gasteiger partial charge in [-0.15, -0.1) is 0 Å². The molecule has 0 saturated carbocycles. The lowest BCUT2D eigenvalue weighted by Crippen LogP contribution is -2.33. The Morgan fingerprint density at radius 2 is 1.89 bits per heavy atom. The highest BCUT2D eigenvalue weighted by Crippen LogP contribution is 2.25. The number of amides is 1. The summed E-state index contributed by atoms with van der Waals surface area (Å²) < 4.78 is 58.5. The Morgan fingerprint density at radius 1 is 1.26 bits per heavy atom. The van der Waals surface area contributed by atoms with Crippen LogP contribution in [-0.4, -0.2) is 36.0 Å². The van der Waals surface area contributed by atoms with Gasteiger partial charge in [0.25, 0.3) is 10.0 Å². The van der Waals surface area contributed by atoms with Gasteiger partial charge in [-0.1, -0.05) is 0 Å². The molecule has 27 heavy (non-hydrogen) atoms. The van der Waals surface area contributed by atoms with E-state index < -0.39 is 38.2 Å². The maximum atomic E-state index is 13.9. The molecule has 1 aromatic heterocycles. The van der Waals surface area contributed by atoms with Gasteiger partial charge in [0.2, 0.25) is 0 Å². The number of benzene rings is 1. The number of carbonyl (C=O) groups excluding carboxylic acids is 1. The van der Waals surface area contributed by atoms with Crippen LogP contribution >= 0.6 is 15.9 Å². The lowest BCUT2D eigenvalue weighted by atomic mass is 10.2. The summed E-state index contributed by atoms with van der Waals surface area (Å²) in [5.41, 5.74) is -0.192. The first kappa shape index (κ1) is 21.4. The number of hydrogen-bond acceptors (Lipinski definition) is 4. The molecule has 0 bridgehead atoms. The Balaban J connectivity index is 2.29. The molecule has 0 aliphatic rings. The Kier molecular flexibility index (Phi) is 6.00. The summed E-state index contributed by atoms with van der Waals surface area (Å²) >= 11 is 3.12. The van der Waals surface area contributed by atoms with Gasteiger partial charge in [0.1, 0.15) is 26.7 Å². The van der Waals surface area contributed by atoms with Crippen LogP contribution in [0.25, 0.3) is 0 Å². The van der Waals surface area contributed by atoms with Crippen molar-refractivity contribution in [3.63, 3.8) is 0 Å². The zero-order valence-electron chi connectivity index (χ0n) is 15.2. The molecule has 0 unspecified atom stereocenters. The molecule has 0 radical (unpaired) electrons. The van der Waals surface area contributed by atoms with Crippen LogP contribution in [0, 0.1) is 11.6 Å². The first-order valence-corrected chi connectivity index (χ1v) is 10.1. The molecule has 0 atom stereocenters. The molecule has 10 heteroatoms. The fourth-order valence-corrected chi connectivity index (χ4v) is 4.49. The molecule has 0 aliphatic carbocycles. The molecule has 0 fully saturated rings. The molecule has 1 amide bonds. The van der Waals surface area contributed by atoms with Crippen molar-refractivity contribution in [3.8, 4) is 0 Å². The van der Waals surface area contributed by atoms with Crippen LogP contribution in [0.5, 0.6) is 0 Å². The normalized spacial score (nSPS) is 12.1. The minimum Gasteiger partial charge on any atom is -0.444 e. The molecule has 1 aromatic carbocycles. The van der Waals surface area contributed by atoms with Gasteiger partial charge in [0.05, 0.1) is 6.54 Å². The van der Waals surface area contributed by atoms with Gasteiger partial charge in [-0.2, -0.15) is 0 Å². The maximum Gasteiger partial charge on any atom is 0.410 e. The average Bonchev–Trinajstić information content (AvgIpc) is 2.86. The molecule has 0 N–H and O–H groups in total. The second kappa shape index (κ2) is 7.59. The van der Waals surface area contributed by atoms with Gasteiger partial charge in [-0.3, -0.25) is 0 Å². The van der Waals surface area contributed by atoms with E-state index in [1.54, 1.807) is 20.8 Å². The van der Waals surface area contributed by atoms with Gasteiger partial charge in [-0.25, -0.2) is 26.0 Å². The maximum absolute atomic E-state index is 13.9. The Morgan fingerprint density at radius 3 is 2.44 bits per heavy atom. The van der Waals surface area contributed by atoms with E-state index in [-0.39, 0.29) is 11.1 Å². The third-order valence-electron chi connectivity index (χ3n) is 3.35. The Hall–Kier alpha value is -1.94. The van der Waals surface area contributed by atoms with Gasteiger partial charge in [0, 0.05) is 19.3 Å². The lowest BCUT2D eigenvalue weighted by Gasteiger charge is -2.24. The average molecular weight is 465 g/mol. The molecule has 0 spiro atoms. The molecule has 0 saturated heterocycles. The predicted octanol–water partition coefficient (Wildman–Crippen LogP) is 4.13. The molecule has 2 rings (SSSR count). The number of hydrogen-bond donors (Lipinski definition) is 0. The number of carbonyl (C=O) groups is 1. The standard InChI is InChI=1S/C17H19BrF2N2O4S/c1-17(2,3)26-16(23)21(4)9-11-7-15(18)22(10-11)27(24,25)14-6-5-12(19)8-13(14)20/h5-8,10H,9H2,1-4H3. The van der Waals surface area contributed by atoms with Gasteiger partial charge >= 0.3 is 6.09 Å². The van der Waals surface area contributed by atoms with E-state index in [1.807, 2.05) is 0 Å². The molecule has 1 heterocycles. The first-order chi connectivity index (χ1) is 12.3. The van der Waals surface area contributed by atoms with Crippen LogP contribution in [0.1, 0.15) is 26.3 Å². The monoisotopic (exact) mass is 464 g/mol. The van der Waals surface area contributed by atoms with E-state index in [0.29, 0.717) is 11.6 Å². The van der Waals surface area contributed by atoms with Crippen molar-refractivity contribution in [3.05, 3.63) is 52.3 Å². The Bertz CT molecular complexity index is 968. The SMILES string of the molecule is CN(Cc1cc(Br)n(S(=O)(=O)c2ccc(F)cc2F)c1)C(=O)OC(C)(C)C. The highest BCUT2D eigenvalue weighted by molar-refractivity contribution is 9.10. The molecular weight excluding hydrogens is 446 g/mol. The lowest BCUT2D eigenvalue weighted by molar-refractivity contribution is 0.0285. The molecule has 0 aliphatic heterocycles. The summed E-state index contributed by atoms with van der Waals surface area (Å²) in [6, 6.07) is 3.71. The number of ether oxygens (including phenoxy) is 1. The van der Waals surface area contributed by atoms with Crippen molar-refractivity contribution < 1.29 is 26.7 Å². The van der Waals surface area contributed by atoms with E-state index in [1.165, 1.54) is 24.2 Å². The van der Waals surface area contributed by atoms with E-state index in [4.69, 9.17) is 4.74 Å². The van der Waals surface area contributed by atoms with Crippen LogP contribution in [0.2, 0.25) is 0 Å². The summed E-state index contributed by atoms with van der Waals surface area (Å²) in [5.74, 6) is -2.07. The third kappa shape index (κ3) is 5.07. The van der Waals surface area contributed by atoms with Gasteiger partial charge in [-0.05, 0) is 60.5 Å². The smallest absolute Gasteiger partial charge is 0.410 e. The van der Waals surface area contributed by atoms with Crippen molar-refractivity contribution in [1.82, 2.24) is 8.87 Å². The predicted molar refractivity (Wildman–Crippen MR) is 98.8 cm³/mol. The second-order valence-electron chi connectivity index (χ2n) is 6.88. The number of nitrogens with zero attached hydrogens (tertiary/aromatic N) is 2. The van der Waals surface area contributed by atoms with Crippen LogP contribution in [0.4, 0.5) is 13.6 Å². The largest absolute Gasteiger partial charge is 0.444 e. The summed E-state index contributed by atoms with van der Waals surface area (Å²) in [6.07, 6.45) is 0.683. The number of aromatic nitrogens is 1.